The quantitative estimate of drug-likeness (QED) is 0.144. The summed E-state index contributed by atoms with van der Waals surface area (Å²) in [4.78, 5) is 4.63. The lowest BCUT2D eigenvalue weighted by Gasteiger charge is -2.28. The number of benzene rings is 10. The van der Waals surface area contributed by atoms with Crippen LogP contribution in [0.5, 0.6) is 0 Å². The molecule has 0 saturated heterocycles. The molecule has 0 amide bonds. The zero-order valence-electron chi connectivity index (χ0n) is 32.2. The van der Waals surface area contributed by atoms with Crippen molar-refractivity contribution in [2.45, 2.75) is 0 Å². The standard InChI is InChI=1S/C56H38N2O/c1-4-12-39(13-5-1)40-22-27-47(28-23-40)58(50-33-31-49(32-34-50)57(45-14-6-2-7-15-45)46-16-8-3-9-17-46)48-29-24-41(25-30-48)42-26-35-51-43(36-42)20-21-44-37-54-52-18-10-11-19-55(52)59-56(54)38-53(44)51/h1-38H. The average Bonchev–Trinajstić information content (AvgIpc) is 3.68. The number of hydrogen-bond acceptors (Lipinski definition) is 3. The SMILES string of the molecule is c1ccc(-c2ccc(N(c3ccc(-c4ccc5c(ccc6cc7c(cc65)oc5ccccc57)c4)cc3)c3ccc(N(c4ccccc4)c4ccccc4)cc3)cc2)cc1. The van der Waals surface area contributed by atoms with Crippen LogP contribution in [0, 0.1) is 0 Å². The van der Waals surface area contributed by atoms with Gasteiger partial charge in [-0.25, -0.2) is 0 Å². The van der Waals surface area contributed by atoms with E-state index < -0.39 is 0 Å². The van der Waals surface area contributed by atoms with Crippen molar-refractivity contribution in [2.75, 3.05) is 9.80 Å². The van der Waals surface area contributed by atoms with Crippen LogP contribution >= 0.6 is 0 Å². The topological polar surface area (TPSA) is 19.6 Å². The summed E-state index contributed by atoms with van der Waals surface area (Å²) in [7, 11) is 0. The molecule has 0 saturated carbocycles. The fourth-order valence-electron chi connectivity index (χ4n) is 8.50. The van der Waals surface area contributed by atoms with Gasteiger partial charge in [0.15, 0.2) is 0 Å². The van der Waals surface area contributed by atoms with E-state index in [0.29, 0.717) is 0 Å². The number of rotatable bonds is 8. The summed E-state index contributed by atoms with van der Waals surface area (Å²) in [6.07, 6.45) is 0. The second-order valence-corrected chi connectivity index (χ2v) is 15.0. The predicted octanol–water partition coefficient (Wildman–Crippen LogP) is 16.2. The van der Waals surface area contributed by atoms with Crippen LogP contribution < -0.4 is 9.80 Å². The molecule has 3 heteroatoms. The van der Waals surface area contributed by atoms with E-state index in [1.165, 1.54) is 43.8 Å². The van der Waals surface area contributed by atoms with E-state index in [1.54, 1.807) is 0 Å². The van der Waals surface area contributed by atoms with Crippen molar-refractivity contribution in [3.63, 3.8) is 0 Å². The Balaban J connectivity index is 0.956. The second kappa shape index (κ2) is 14.6. The highest BCUT2D eigenvalue weighted by Crippen LogP contribution is 2.41. The summed E-state index contributed by atoms with van der Waals surface area (Å²) in [6, 6.07) is 82.3. The van der Waals surface area contributed by atoms with Crippen LogP contribution in [0.4, 0.5) is 34.1 Å². The van der Waals surface area contributed by atoms with Gasteiger partial charge in [0.05, 0.1) is 0 Å². The molecule has 0 atom stereocenters. The van der Waals surface area contributed by atoms with E-state index in [9.17, 15) is 0 Å². The summed E-state index contributed by atoms with van der Waals surface area (Å²) in [6.45, 7) is 0. The minimum absolute atomic E-state index is 0.921. The van der Waals surface area contributed by atoms with Gasteiger partial charge in [-0.15, -0.1) is 0 Å². The third-order valence-corrected chi connectivity index (χ3v) is 11.4. The summed E-state index contributed by atoms with van der Waals surface area (Å²) < 4.78 is 6.27. The highest BCUT2D eigenvalue weighted by molar-refractivity contribution is 6.16. The molecule has 10 aromatic carbocycles. The molecule has 11 rings (SSSR count). The number of para-hydroxylation sites is 3. The van der Waals surface area contributed by atoms with Crippen LogP contribution in [0.25, 0.3) is 65.7 Å². The Kier molecular flexibility index (Phi) is 8.49. The van der Waals surface area contributed by atoms with Crippen molar-refractivity contribution < 1.29 is 4.42 Å². The molecule has 1 aromatic heterocycles. The van der Waals surface area contributed by atoms with Crippen molar-refractivity contribution in [2.24, 2.45) is 0 Å². The Bertz CT molecular complexity index is 3190. The van der Waals surface area contributed by atoms with Crippen LogP contribution in [0.3, 0.4) is 0 Å². The van der Waals surface area contributed by atoms with Crippen LogP contribution in [-0.2, 0) is 0 Å². The molecule has 0 fully saturated rings. The van der Waals surface area contributed by atoms with Crippen molar-refractivity contribution >= 4 is 77.6 Å². The van der Waals surface area contributed by atoms with Gasteiger partial charge in [0, 0.05) is 44.9 Å². The maximum atomic E-state index is 6.27. The Hall–Kier alpha value is -7.88. The maximum Gasteiger partial charge on any atom is 0.136 e. The molecular formula is C56H38N2O. The highest BCUT2D eigenvalue weighted by Gasteiger charge is 2.17. The van der Waals surface area contributed by atoms with Gasteiger partial charge in [0.1, 0.15) is 11.2 Å². The van der Waals surface area contributed by atoms with E-state index in [2.05, 4.69) is 228 Å². The van der Waals surface area contributed by atoms with E-state index in [1.807, 2.05) is 12.1 Å². The van der Waals surface area contributed by atoms with Crippen molar-refractivity contribution in [3.05, 3.63) is 231 Å². The first-order valence-corrected chi connectivity index (χ1v) is 20.1. The average molecular weight is 755 g/mol. The Morgan fingerprint density at radius 2 is 0.661 bits per heavy atom. The van der Waals surface area contributed by atoms with E-state index in [-0.39, 0.29) is 0 Å². The molecule has 0 aliphatic carbocycles. The summed E-state index contributed by atoms with van der Waals surface area (Å²) in [5.74, 6) is 0. The summed E-state index contributed by atoms with van der Waals surface area (Å²) in [5.41, 5.74) is 13.1. The zero-order valence-corrected chi connectivity index (χ0v) is 32.2. The molecular weight excluding hydrogens is 717 g/mol. The minimum Gasteiger partial charge on any atom is -0.456 e. The van der Waals surface area contributed by atoms with Gasteiger partial charge in [-0.3, -0.25) is 0 Å². The number of fused-ring (bicyclic) bond motifs is 6. The fraction of sp³-hybridized carbons (Fsp3) is 0. The highest BCUT2D eigenvalue weighted by atomic mass is 16.3. The van der Waals surface area contributed by atoms with E-state index in [4.69, 9.17) is 4.42 Å². The minimum atomic E-state index is 0.921. The molecule has 0 unspecified atom stereocenters. The zero-order chi connectivity index (χ0) is 39.1. The first-order valence-electron chi connectivity index (χ1n) is 20.1. The third-order valence-electron chi connectivity index (χ3n) is 11.4. The Morgan fingerprint density at radius 3 is 1.24 bits per heavy atom. The molecule has 0 aliphatic heterocycles. The van der Waals surface area contributed by atoms with Crippen molar-refractivity contribution in [1.82, 2.24) is 0 Å². The second-order valence-electron chi connectivity index (χ2n) is 15.0. The van der Waals surface area contributed by atoms with Crippen LogP contribution in [0.2, 0.25) is 0 Å². The smallest absolute Gasteiger partial charge is 0.136 e. The molecule has 11 aromatic rings. The number of anilines is 6. The molecule has 59 heavy (non-hydrogen) atoms. The van der Waals surface area contributed by atoms with E-state index >= 15 is 0 Å². The monoisotopic (exact) mass is 754 g/mol. The van der Waals surface area contributed by atoms with Crippen LogP contribution in [-0.4, -0.2) is 0 Å². The lowest BCUT2D eigenvalue weighted by atomic mass is 9.96. The summed E-state index contributed by atoms with van der Waals surface area (Å²) in [5, 5.41) is 7.15. The molecule has 0 radical (unpaired) electrons. The predicted molar refractivity (Wildman–Crippen MR) is 249 cm³/mol. The van der Waals surface area contributed by atoms with Gasteiger partial charge in [-0.2, -0.15) is 0 Å². The molecule has 1 heterocycles. The first-order chi connectivity index (χ1) is 29.2. The fourth-order valence-corrected chi connectivity index (χ4v) is 8.50. The van der Waals surface area contributed by atoms with Crippen molar-refractivity contribution in [3.8, 4) is 22.3 Å². The molecule has 0 aliphatic rings. The van der Waals surface area contributed by atoms with Crippen LogP contribution in [0.1, 0.15) is 0 Å². The molecule has 3 nitrogen and oxygen atoms in total. The number of nitrogens with zero attached hydrogens (tertiary/aromatic N) is 2. The van der Waals surface area contributed by atoms with Gasteiger partial charge in [0.2, 0.25) is 0 Å². The Morgan fingerprint density at radius 1 is 0.237 bits per heavy atom. The Labute approximate surface area is 343 Å². The molecule has 0 N–H and O–H groups in total. The molecule has 0 spiro atoms. The largest absolute Gasteiger partial charge is 0.456 e. The lowest BCUT2D eigenvalue weighted by Crippen LogP contribution is -2.12. The van der Waals surface area contributed by atoms with E-state index in [0.717, 1.165) is 56.1 Å². The molecule has 0 bridgehead atoms. The van der Waals surface area contributed by atoms with Gasteiger partial charge >= 0.3 is 0 Å². The third kappa shape index (κ3) is 6.36. The summed E-state index contributed by atoms with van der Waals surface area (Å²) >= 11 is 0. The number of hydrogen-bond donors (Lipinski definition) is 0. The van der Waals surface area contributed by atoms with Crippen molar-refractivity contribution in [1.29, 1.82) is 0 Å². The first kappa shape index (κ1) is 34.4. The normalized spacial score (nSPS) is 11.4. The van der Waals surface area contributed by atoms with Gasteiger partial charge in [-0.1, -0.05) is 133 Å². The number of furan rings is 1. The lowest BCUT2D eigenvalue weighted by molar-refractivity contribution is 0.669. The van der Waals surface area contributed by atoms with Gasteiger partial charge in [-0.05, 0) is 141 Å². The van der Waals surface area contributed by atoms with Gasteiger partial charge in [0.25, 0.3) is 0 Å². The van der Waals surface area contributed by atoms with Crippen LogP contribution in [0.15, 0.2) is 235 Å². The van der Waals surface area contributed by atoms with Gasteiger partial charge < -0.3 is 14.2 Å². The maximum absolute atomic E-state index is 6.27. The molecule has 278 valence electrons.